The van der Waals surface area contributed by atoms with Crippen molar-refractivity contribution in [2.45, 2.75) is 44.1 Å². The van der Waals surface area contributed by atoms with Crippen molar-refractivity contribution < 1.29 is 135 Å². The average Bonchev–Trinajstić information content (AvgIpc) is 0.803. The van der Waals surface area contributed by atoms with Crippen LogP contribution in [-0.2, 0) is 52.1 Å². The van der Waals surface area contributed by atoms with Crippen molar-refractivity contribution in [2.24, 2.45) is 0 Å². The van der Waals surface area contributed by atoms with E-state index in [-0.39, 0.29) is 43.0 Å². The van der Waals surface area contributed by atoms with Gasteiger partial charge >= 0.3 is 21.2 Å². The summed E-state index contributed by atoms with van der Waals surface area (Å²) >= 11 is -0.341. The molecule has 508 valence electrons. The largest absolute Gasteiger partial charge is 0.744 e. The molecule has 11 aromatic carbocycles. The molecule has 0 N–H and O–H groups in total. The summed E-state index contributed by atoms with van der Waals surface area (Å²) in [5.41, 5.74) is 0. The predicted octanol–water partition coefficient (Wildman–Crippen LogP) is 13.4. The minimum Gasteiger partial charge on any atom is -0.744 e. The maximum absolute atomic E-state index is 12.6. The zero-order valence-electron chi connectivity index (χ0n) is 48.4. The Balaban J connectivity index is 0.000000219. The van der Waals surface area contributed by atoms with Crippen molar-refractivity contribution in [2.75, 3.05) is 0 Å². The van der Waals surface area contributed by atoms with E-state index in [2.05, 4.69) is 218 Å². The van der Waals surface area contributed by atoms with Crippen molar-refractivity contribution in [1.82, 2.24) is 0 Å². The van der Waals surface area contributed by atoms with Crippen LogP contribution < -0.4 is 30.7 Å². The van der Waals surface area contributed by atoms with Crippen molar-refractivity contribution in [1.29, 1.82) is 0 Å². The summed E-state index contributed by atoms with van der Waals surface area (Å²) in [6.07, 6.45) is 0. The lowest BCUT2D eigenvalue weighted by Crippen LogP contribution is -3.61. The van der Waals surface area contributed by atoms with Gasteiger partial charge in [-0.1, -0.05) is 72.8 Å². The quantitative estimate of drug-likeness (QED) is 0.0237. The van der Waals surface area contributed by atoms with Gasteiger partial charge in [0, 0.05) is 0 Å². The Kier molecular flexibility index (Phi) is 24.6. The van der Waals surface area contributed by atoms with Crippen molar-refractivity contribution in [3.05, 3.63) is 313 Å². The Labute approximate surface area is 563 Å². The summed E-state index contributed by atoms with van der Waals surface area (Å²) in [6.45, 7) is 0. The summed E-state index contributed by atoms with van der Waals surface area (Å²) in [5.74, 6) is -35.1. The number of benzene rings is 11. The van der Waals surface area contributed by atoms with Gasteiger partial charge in [-0.3, -0.25) is 0 Å². The lowest BCUT2D eigenvalue weighted by Gasteiger charge is -2.10. The monoisotopic (exact) mass is 1580 g/mol. The molecule has 0 saturated carbocycles. The molecule has 11 nitrogen and oxygen atoms in total. The van der Waals surface area contributed by atoms with Crippen LogP contribution in [0.3, 0.4) is 0 Å². The van der Waals surface area contributed by atoms with Gasteiger partial charge in [-0.25, -0.2) is 91.1 Å². The maximum atomic E-state index is 12.6. The molecule has 0 bridgehead atoms. The molecule has 0 amide bonds. The second kappa shape index (κ2) is 32.2. The molecule has 0 aliphatic carbocycles. The number of halogens is 16. The number of ether oxygens (including phenoxy) is 2. The molecule has 0 unspecified atom stereocenters. The van der Waals surface area contributed by atoms with Gasteiger partial charge < -0.3 is 23.1 Å². The molecule has 0 aromatic heterocycles. The molecule has 0 aliphatic heterocycles. The summed E-state index contributed by atoms with van der Waals surface area (Å²) in [7, 11) is -17.7. The van der Waals surface area contributed by atoms with Crippen LogP contribution in [0, 0.1) is 94.4 Å². The van der Waals surface area contributed by atoms with Gasteiger partial charge in [-0.05, 0) is 146 Å². The van der Waals surface area contributed by atoms with Gasteiger partial charge in [0.1, 0.15) is 68.0 Å². The zero-order chi connectivity index (χ0) is 71.6. The van der Waals surface area contributed by atoms with Gasteiger partial charge in [0.15, 0.2) is 106 Å². The third-order valence-corrected chi connectivity index (χ3v) is 22.3. The molecule has 0 atom stereocenters. The Bertz CT molecular complexity index is 4450. The van der Waals surface area contributed by atoms with Gasteiger partial charge in [-0.2, -0.15) is 0 Å². The van der Waals surface area contributed by atoms with Crippen LogP contribution in [-0.4, -0.2) is 38.9 Å². The van der Waals surface area contributed by atoms with Crippen molar-refractivity contribution >= 4 is 52.1 Å². The highest BCUT2D eigenvalue weighted by Gasteiger charge is 2.34. The van der Waals surface area contributed by atoms with Crippen molar-refractivity contribution in [3.8, 4) is 23.0 Å². The van der Waals surface area contributed by atoms with Gasteiger partial charge in [-0.15, -0.1) is 0 Å². The first-order valence-corrected chi connectivity index (χ1v) is 35.6. The lowest BCUT2D eigenvalue weighted by atomic mass is 10.3. The number of hydrogen-bond acceptors (Lipinski definition) is 11. The second-order valence-electron chi connectivity index (χ2n) is 19.1. The fourth-order valence-corrected chi connectivity index (χ4v) is 16.5. The van der Waals surface area contributed by atoms with Crippen LogP contribution in [0.15, 0.2) is 262 Å². The smallest absolute Gasteiger partial charge is 0.357 e. The molecule has 0 radical (unpaired) electrons. The minimum absolute atomic E-state index is 0.179. The van der Waals surface area contributed by atoms with E-state index in [9.17, 15) is 105 Å². The van der Waals surface area contributed by atoms with E-state index >= 15 is 0 Å². The molecular weight excluding hydrogens is 1540 g/mol. The van der Waals surface area contributed by atoms with Crippen molar-refractivity contribution in [3.63, 3.8) is 0 Å². The van der Waals surface area contributed by atoms with E-state index in [1.165, 1.54) is 36.5 Å². The van der Waals surface area contributed by atoms with Gasteiger partial charge in [0.05, 0.1) is 21.8 Å². The molecule has 0 saturated heterocycles. The Morgan fingerprint density at radius 2 is 0.398 bits per heavy atom. The molecule has 98 heavy (non-hydrogen) atoms. The zero-order valence-corrected chi connectivity index (χ0v) is 54.6. The molecule has 0 fully saturated rings. The Morgan fingerprint density at radius 1 is 0.235 bits per heavy atom. The highest BCUT2D eigenvalue weighted by Crippen LogP contribution is 2.36. The minimum atomic E-state index is -5.77. The summed E-state index contributed by atoms with van der Waals surface area (Å²) in [5, 5.41) is 0. The van der Waals surface area contributed by atoms with E-state index in [0.29, 0.717) is 0 Å². The van der Waals surface area contributed by atoms with E-state index in [1.54, 1.807) is 0 Å². The van der Waals surface area contributed by atoms with Crippen LogP contribution in [0.5, 0.6) is 23.0 Å². The molecular formula is C66H36F15IO11S5. The molecule has 11 aromatic rings. The summed E-state index contributed by atoms with van der Waals surface area (Å²) in [4.78, 5) is 0.606. The Hall–Kier alpha value is -8.87. The predicted molar refractivity (Wildman–Crippen MR) is 316 cm³/mol. The van der Waals surface area contributed by atoms with Crippen LogP contribution in [0.4, 0.5) is 65.9 Å². The maximum Gasteiger partial charge on any atom is 0.357 e. The van der Waals surface area contributed by atoms with Gasteiger partial charge in [0.25, 0.3) is 0 Å². The fourth-order valence-electron chi connectivity index (χ4n) is 8.27. The van der Waals surface area contributed by atoms with Crippen LogP contribution in [0.2, 0.25) is 0 Å². The van der Waals surface area contributed by atoms with Crippen LogP contribution in [0.1, 0.15) is 0 Å². The van der Waals surface area contributed by atoms with Crippen LogP contribution >= 0.6 is 0 Å². The van der Waals surface area contributed by atoms with E-state index in [0.717, 1.165) is 23.0 Å². The lowest BCUT2D eigenvalue weighted by molar-refractivity contribution is -0.597. The standard InChI is InChI=1S/C48H36IO2S2.3C6HF5O3S/c1-5-13-43(14-6-1)52(44-15-7-2-8-16-44)47-33-29-41(30-34-47)50-39-25-21-37(22-26-39)49-38-23-27-40(28-24-38)51-42-31-35-48(36-32-42)53(45-17-9-3-10-18-45)46-19-11-4-12-20-46;3*7-1-2(8)4(10)6(15(12,13)14)5(11)3(1)9/h1-36H;3*(H,12,13,14)/q+3;;;/p-3. The first-order valence-electron chi connectivity index (χ1n) is 26.8. The van der Waals surface area contributed by atoms with Crippen LogP contribution in [0.25, 0.3) is 0 Å². The molecule has 11 rings (SSSR count). The highest BCUT2D eigenvalue weighted by atomic mass is 127. The normalized spacial score (nSPS) is 11.4. The van der Waals surface area contributed by atoms with Gasteiger partial charge in [0.2, 0.25) is 17.5 Å². The second-order valence-corrected chi connectivity index (χ2v) is 30.1. The highest BCUT2D eigenvalue weighted by molar-refractivity contribution is 7.97. The first kappa shape index (κ1) is 74.9. The summed E-state index contributed by atoms with van der Waals surface area (Å²) in [6, 6.07) is 76.9. The fraction of sp³-hybridized carbons (Fsp3) is 0. The molecule has 0 aliphatic rings. The third-order valence-electron chi connectivity index (χ3n) is 12.6. The van der Waals surface area contributed by atoms with E-state index < -0.39 is 132 Å². The summed E-state index contributed by atoms with van der Waals surface area (Å²) < 4.78 is 294. The van der Waals surface area contributed by atoms with E-state index in [4.69, 9.17) is 9.47 Å². The van der Waals surface area contributed by atoms with E-state index in [1.807, 2.05) is 0 Å². The molecule has 0 spiro atoms. The third kappa shape index (κ3) is 18.1. The number of rotatable bonds is 15. The molecule has 32 heteroatoms. The average molecular weight is 1580 g/mol. The first-order chi connectivity index (χ1) is 46.3. The Morgan fingerprint density at radius 3 is 0.582 bits per heavy atom. The topological polar surface area (TPSA) is 190 Å². The number of hydrogen-bond donors (Lipinski definition) is 0. The SMILES string of the molecule is O=S(=O)([O-])c1c(F)c(F)c(F)c(F)c1F.O=S(=O)([O-])c1c(F)c(F)c(F)c(F)c1F.O=S(=O)([O-])c1c(F)c(F)c(F)c(F)c1F.c1ccc([S+](c2ccccc2)c2ccc(Oc3ccc([I+]c4ccc(Oc5ccc([S+](c6ccccc6)c6ccccc6)cc5)cc4)cc3)cc2)cc1. The molecule has 0 heterocycles.